The quantitative estimate of drug-likeness (QED) is 0.404. The van der Waals surface area contributed by atoms with Crippen LogP contribution in [-0.4, -0.2) is 13.0 Å². The summed E-state index contributed by atoms with van der Waals surface area (Å²) >= 11 is 0. The van der Waals surface area contributed by atoms with E-state index in [1.807, 2.05) is 0 Å². The first-order valence-electron chi connectivity index (χ1n) is 3.05. The molecule has 0 aromatic heterocycles. The molecular weight excluding hydrogens is 183 g/mol. The molecule has 3 aliphatic rings. The van der Waals surface area contributed by atoms with Crippen molar-refractivity contribution in [3.63, 3.8) is 0 Å². The van der Waals surface area contributed by atoms with Crippen molar-refractivity contribution in [3.05, 3.63) is 12.1 Å². The highest BCUT2D eigenvalue weighted by atomic mass is 32.2. The van der Waals surface area contributed by atoms with Crippen LogP contribution in [0.25, 0.3) is 0 Å². The van der Waals surface area contributed by atoms with Crippen molar-refractivity contribution in [1.82, 2.24) is 0 Å². The molecule has 0 spiro atoms. The van der Waals surface area contributed by atoms with E-state index in [2.05, 4.69) is 0 Å². The molecule has 3 nitrogen and oxygen atoms in total. The first-order chi connectivity index (χ1) is 5.11. The highest BCUT2D eigenvalue weighted by Crippen LogP contribution is 2.58. The van der Waals surface area contributed by atoms with E-state index in [-0.39, 0.29) is 12.8 Å². The molecule has 1 aromatic rings. The minimum atomic E-state index is -3.94. The zero-order valence-electron chi connectivity index (χ0n) is 5.27. The number of rotatable bonds is 1. The molecule has 0 saturated heterocycles. The molecule has 1 atom stereocenters. The van der Waals surface area contributed by atoms with Crippen molar-refractivity contribution in [2.45, 2.75) is 4.90 Å². The normalized spacial score (nSPS) is 22.8. The van der Waals surface area contributed by atoms with Gasteiger partial charge in [0.05, 0.1) is 0 Å². The molecule has 4 rings (SSSR count). The fourth-order valence-corrected chi connectivity index (χ4v) is 4.64. The number of benzene rings is 1. The van der Waals surface area contributed by atoms with Crippen LogP contribution in [0.4, 0.5) is 0 Å². The lowest BCUT2D eigenvalue weighted by Gasteiger charge is -1.99. The monoisotopic (exact) mass is 186 g/mol. The molecule has 0 radical (unpaired) electrons. The van der Waals surface area contributed by atoms with Crippen LogP contribution in [0.15, 0.2) is 17.0 Å². The van der Waals surface area contributed by atoms with E-state index < -0.39 is 10.1 Å². The maximum atomic E-state index is 10.7. The number of fused-ring (bicyclic) bond motifs is 2. The van der Waals surface area contributed by atoms with Crippen molar-refractivity contribution in [2.75, 3.05) is 0 Å². The zero-order chi connectivity index (χ0) is 7.80. The van der Waals surface area contributed by atoms with Crippen molar-refractivity contribution >= 4 is 34.0 Å². The van der Waals surface area contributed by atoms with E-state index in [1.165, 1.54) is 16.7 Å². The lowest BCUT2D eigenvalue weighted by Crippen LogP contribution is -2.16. The smallest absolute Gasteiger partial charge is 0.282 e. The molecule has 56 valence electrons. The van der Waals surface area contributed by atoms with Crippen LogP contribution < -0.4 is 15.9 Å². The van der Waals surface area contributed by atoms with Gasteiger partial charge in [-0.3, -0.25) is 4.55 Å². The summed E-state index contributed by atoms with van der Waals surface area (Å²) in [6, 6.07) is 3.27. The molecule has 3 heterocycles. The Hall–Kier alpha value is -0.440. The third kappa shape index (κ3) is 0.585. The number of hydrogen-bond donors (Lipinski definition) is 1. The summed E-state index contributed by atoms with van der Waals surface area (Å²) in [5.74, 6) is 0. The largest absolute Gasteiger partial charge is 0.295 e. The van der Waals surface area contributed by atoms with Crippen LogP contribution >= 0.6 is 7.92 Å². The van der Waals surface area contributed by atoms with Gasteiger partial charge in [0.2, 0.25) is 0 Å². The van der Waals surface area contributed by atoms with E-state index in [9.17, 15) is 8.42 Å². The van der Waals surface area contributed by atoms with E-state index >= 15 is 0 Å². The van der Waals surface area contributed by atoms with Gasteiger partial charge in [-0.15, -0.1) is 0 Å². The second-order valence-electron chi connectivity index (χ2n) is 2.59. The van der Waals surface area contributed by atoms with E-state index in [0.29, 0.717) is 0 Å². The first kappa shape index (κ1) is 6.12. The fraction of sp³-hybridized carbons (Fsp3) is 0. The summed E-state index contributed by atoms with van der Waals surface area (Å²) in [5.41, 5.74) is 0. The van der Waals surface area contributed by atoms with E-state index in [0.717, 1.165) is 5.30 Å². The van der Waals surface area contributed by atoms with Gasteiger partial charge < -0.3 is 0 Å². The summed E-state index contributed by atoms with van der Waals surface area (Å²) in [4.78, 5) is 0.133. The highest BCUT2D eigenvalue weighted by Gasteiger charge is 2.56. The van der Waals surface area contributed by atoms with Crippen LogP contribution in [0.1, 0.15) is 0 Å². The second-order valence-corrected chi connectivity index (χ2v) is 6.03. The zero-order valence-corrected chi connectivity index (χ0v) is 6.98. The maximum Gasteiger partial charge on any atom is 0.295 e. The predicted octanol–water partition coefficient (Wildman–Crippen LogP) is -0.682. The first-order valence-corrected chi connectivity index (χ1v) is 5.83. The molecule has 3 aliphatic heterocycles. The van der Waals surface area contributed by atoms with Crippen LogP contribution in [0.5, 0.6) is 0 Å². The molecule has 0 aliphatic carbocycles. The van der Waals surface area contributed by atoms with Gasteiger partial charge in [-0.1, -0.05) is 6.07 Å². The van der Waals surface area contributed by atoms with Gasteiger partial charge in [0.15, 0.2) is 0 Å². The maximum absolute atomic E-state index is 10.7. The summed E-state index contributed by atoms with van der Waals surface area (Å²) in [6.07, 6.45) is 0. The molecule has 1 aromatic carbocycles. The fourth-order valence-electron chi connectivity index (χ4n) is 1.35. The molecule has 2 bridgehead atoms. The van der Waals surface area contributed by atoms with Crippen molar-refractivity contribution in [3.8, 4) is 0 Å². The SMILES string of the molecule is O=S(=O)(O)c1ccc2c3c1P23. The lowest BCUT2D eigenvalue weighted by molar-refractivity contribution is 0.484. The van der Waals surface area contributed by atoms with Gasteiger partial charge in [-0.25, -0.2) is 0 Å². The minimum Gasteiger partial charge on any atom is -0.282 e. The van der Waals surface area contributed by atoms with Gasteiger partial charge in [0.25, 0.3) is 10.1 Å². The van der Waals surface area contributed by atoms with Crippen LogP contribution in [0.2, 0.25) is 0 Å². The molecule has 1 N–H and O–H groups in total. The van der Waals surface area contributed by atoms with Crippen molar-refractivity contribution < 1.29 is 13.0 Å². The van der Waals surface area contributed by atoms with Crippen LogP contribution in [0.3, 0.4) is 0 Å². The Morgan fingerprint density at radius 2 is 1.91 bits per heavy atom. The Kier molecular flexibility index (Phi) is 0.765. The van der Waals surface area contributed by atoms with Gasteiger partial charge in [0.1, 0.15) is 4.90 Å². The molecule has 5 heteroatoms. The lowest BCUT2D eigenvalue weighted by atomic mass is 10.4. The number of hydrogen-bond acceptors (Lipinski definition) is 2. The highest BCUT2D eigenvalue weighted by molar-refractivity contribution is 8.02. The standard InChI is InChI=1S/C6H3O3PS/c7-11(8,9)4-2-1-3-5-6(4)10(3)5/h1-2H,(H,7,8,9). The third-order valence-electron chi connectivity index (χ3n) is 1.96. The van der Waals surface area contributed by atoms with Gasteiger partial charge >= 0.3 is 0 Å². The Morgan fingerprint density at radius 1 is 1.27 bits per heavy atom. The van der Waals surface area contributed by atoms with Gasteiger partial charge in [-0.05, 0) is 19.3 Å². The van der Waals surface area contributed by atoms with Gasteiger partial charge in [-0.2, -0.15) is 8.42 Å². The molecule has 0 fully saturated rings. The van der Waals surface area contributed by atoms with Crippen LogP contribution in [-0.2, 0) is 10.1 Å². The van der Waals surface area contributed by atoms with Crippen molar-refractivity contribution in [2.24, 2.45) is 0 Å². The Balaban J connectivity index is 2.35. The predicted molar refractivity (Wildman–Crippen MR) is 42.1 cm³/mol. The molecule has 11 heavy (non-hydrogen) atoms. The Labute approximate surface area is 64.5 Å². The van der Waals surface area contributed by atoms with Crippen LogP contribution in [0, 0.1) is 0 Å². The summed E-state index contributed by atoms with van der Waals surface area (Å²) < 4.78 is 30.0. The van der Waals surface area contributed by atoms with E-state index in [1.54, 1.807) is 6.07 Å². The molecule has 1 unspecified atom stereocenters. The molecule has 0 amide bonds. The van der Waals surface area contributed by atoms with Gasteiger partial charge in [0, 0.05) is 10.6 Å². The average Bonchev–Trinajstić information content (AvgIpc) is 2.72. The average molecular weight is 186 g/mol. The van der Waals surface area contributed by atoms with Crippen molar-refractivity contribution in [1.29, 1.82) is 0 Å². The third-order valence-corrected chi connectivity index (χ3v) is 5.24. The summed E-state index contributed by atoms with van der Waals surface area (Å²) in [5, 5.41) is 3.41. The Morgan fingerprint density at radius 3 is 2.27 bits per heavy atom. The summed E-state index contributed by atoms with van der Waals surface area (Å²) in [7, 11) is -4.20. The second kappa shape index (κ2) is 1.38. The minimum absolute atomic E-state index is 0.133. The Bertz CT molecular complexity index is 477. The van der Waals surface area contributed by atoms with E-state index in [4.69, 9.17) is 4.55 Å². The molecular formula is C6H3O3PS. The molecule has 0 saturated carbocycles. The summed E-state index contributed by atoms with van der Waals surface area (Å²) in [6.45, 7) is 0. The topological polar surface area (TPSA) is 54.4 Å².